The zero-order chi connectivity index (χ0) is 12.3. The monoisotopic (exact) mass is 239 g/mol. The Morgan fingerprint density at radius 3 is 2.35 bits per heavy atom. The number of aliphatic carboxylic acids is 1. The Balaban J connectivity index is 1.96. The molecule has 0 bridgehead atoms. The number of hydrogen-bond donors (Lipinski definition) is 1. The van der Waals surface area contributed by atoms with Gasteiger partial charge in [-0.1, -0.05) is 19.8 Å². The van der Waals surface area contributed by atoms with Crippen molar-refractivity contribution in [3.8, 4) is 0 Å². The fourth-order valence-corrected chi connectivity index (χ4v) is 3.52. The lowest BCUT2D eigenvalue weighted by atomic mass is 9.78. The molecule has 1 heterocycles. The van der Waals surface area contributed by atoms with Crippen LogP contribution in [0, 0.1) is 11.8 Å². The van der Waals surface area contributed by atoms with Gasteiger partial charge in [-0.25, -0.2) is 0 Å². The van der Waals surface area contributed by atoms with Gasteiger partial charge >= 0.3 is 5.97 Å². The molecule has 1 unspecified atom stereocenters. The Labute approximate surface area is 104 Å². The number of carboxylic acid groups (broad SMARTS) is 1. The number of nitrogens with zero attached hydrogens (tertiary/aromatic N) is 1. The SMILES string of the molecule is CC1CCC(C(CC(=O)O)N2CCCC2)CC1. The van der Waals surface area contributed by atoms with E-state index in [0.717, 1.165) is 19.0 Å². The van der Waals surface area contributed by atoms with Gasteiger partial charge in [0.05, 0.1) is 6.42 Å². The fourth-order valence-electron chi connectivity index (χ4n) is 3.52. The van der Waals surface area contributed by atoms with Crippen LogP contribution in [0.25, 0.3) is 0 Å². The van der Waals surface area contributed by atoms with Crippen LogP contribution in [0.4, 0.5) is 0 Å². The third kappa shape index (κ3) is 3.44. The third-order valence-electron chi connectivity index (χ3n) is 4.60. The van der Waals surface area contributed by atoms with Crippen LogP contribution in [0.2, 0.25) is 0 Å². The standard InChI is InChI=1S/C14H25NO2/c1-11-4-6-12(7-5-11)13(10-14(16)17)15-8-2-3-9-15/h11-13H,2-10H2,1H3,(H,16,17). The van der Waals surface area contributed by atoms with Crippen LogP contribution in [0.1, 0.15) is 51.9 Å². The minimum absolute atomic E-state index is 0.308. The van der Waals surface area contributed by atoms with Gasteiger partial charge in [0.25, 0.3) is 0 Å². The highest BCUT2D eigenvalue weighted by Crippen LogP contribution is 2.34. The summed E-state index contributed by atoms with van der Waals surface area (Å²) in [6.07, 6.45) is 7.88. The van der Waals surface area contributed by atoms with Gasteiger partial charge in [-0.3, -0.25) is 9.69 Å². The normalized spacial score (nSPS) is 32.5. The van der Waals surface area contributed by atoms with Gasteiger partial charge in [0, 0.05) is 6.04 Å². The Hall–Kier alpha value is -0.570. The van der Waals surface area contributed by atoms with Gasteiger partial charge < -0.3 is 5.11 Å². The first-order chi connectivity index (χ1) is 8.16. The number of carboxylic acids is 1. The van der Waals surface area contributed by atoms with Gasteiger partial charge in [-0.2, -0.15) is 0 Å². The van der Waals surface area contributed by atoms with E-state index in [2.05, 4.69) is 11.8 Å². The maximum Gasteiger partial charge on any atom is 0.304 e. The van der Waals surface area contributed by atoms with Crippen molar-refractivity contribution in [3.05, 3.63) is 0 Å². The van der Waals surface area contributed by atoms with E-state index in [4.69, 9.17) is 5.11 Å². The molecular weight excluding hydrogens is 214 g/mol. The van der Waals surface area contributed by atoms with Crippen LogP contribution >= 0.6 is 0 Å². The lowest BCUT2D eigenvalue weighted by Gasteiger charge is -2.37. The highest BCUT2D eigenvalue weighted by molar-refractivity contribution is 5.67. The molecule has 0 aromatic carbocycles. The third-order valence-corrected chi connectivity index (χ3v) is 4.60. The first-order valence-corrected chi connectivity index (χ1v) is 7.12. The van der Waals surface area contributed by atoms with Crippen LogP contribution in [0.3, 0.4) is 0 Å². The molecule has 1 saturated heterocycles. The summed E-state index contributed by atoms with van der Waals surface area (Å²) in [7, 11) is 0. The van der Waals surface area contributed by atoms with Crippen molar-refractivity contribution < 1.29 is 9.90 Å². The highest BCUT2D eigenvalue weighted by atomic mass is 16.4. The molecule has 3 heteroatoms. The van der Waals surface area contributed by atoms with Crippen molar-refractivity contribution in [1.82, 2.24) is 4.90 Å². The molecule has 2 fully saturated rings. The van der Waals surface area contributed by atoms with Gasteiger partial charge in [0.15, 0.2) is 0 Å². The second-order valence-corrected chi connectivity index (χ2v) is 5.93. The van der Waals surface area contributed by atoms with Crippen molar-refractivity contribution in [2.45, 2.75) is 57.9 Å². The summed E-state index contributed by atoms with van der Waals surface area (Å²) in [5.74, 6) is 0.844. The highest BCUT2D eigenvalue weighted by Gasteiger charge is 2.32. The van der Waals surface area contributed by atoms with Crippen LogP contribution in [-0.4, -0.2) is 35.1 Å². The molecule has 1 saturated carbocycles. The Morgan fingerprint density at radius 1 is 1.24 bits per heavy atom. The summed E-state index contributed by atoms with van der Waals surface area (Å²) in [6, 6.07) is 0.308. The van der Waals surface area contributed by atoms with E-state index in [9.17, 15) is 4.79 Å². The van der Waals surface area contributed by atoms with Crippen LogP contribution < -0.4 is 0 Å². The Kier molecular flexibility index (Phi) is 4.43. The lowest BCUT2D eigenvalue weighted by molar-refractivity contribution is -0.139. The van der Waals surface area contributed by atoms with Crippen molar-refractivity contribution in [2.75, 3.05) is 13.1 Å². The molecule has 0 spiro atoms. The topological polar surface area (TPSA) is 40.5 Å². The van der Waals surface area contributed by atoms with Gasteiger partial charge in [-0.05, 0) is 50.6 Å². The molecule has 1 aliphatic heterocycles. The number of hydrogen-bond acceptors (Lipinski definition) is 2. The maximum absolute atomic E-state index is 11.0. The summed E-state index contributed by atoms with van der Waals surface area (Å²) in [5.41, 5.74) is 0. The van der Waals surface area contributed by atoms with E-state index in [1.807, 2.05) is 0 Å². The van der Waals surface area contributed by atoms with Crippen molar-refractivity contribution >= 4 is 5.97 Å². The summed E-state index contributed by atoms with van der Waals surface area (Å²) >= 11 is 0. The molecular formula is C14H25NO2. The summed E-state index contributed by atoms with van der Waals surface area (Å²) < 4.78 is 0. The van der Waals surface area contributed by atoms with Gasteiger partial charge in [-0.15, -0.1) is 0 Å². The molecule has 17 heavy (non-hydrogen) atoms. The van der Waals surface area contributed by atoms with E-state index in [1.165, 1.54) is 38.5 Å². The summed E-state index contributed by atoms with van der Waals surface area (Å²) in [6.45, 7) is 4.55. The van der Waals surface area contributed by atoms with Crippen molar-refractivity contribution in [3.63, 3.8) is 0 Å². The van der Waals surface area contributed by atoms with E-state index in [1.54, 1.807) is 0 Å². The first-order valence-electron chi connectivity index (χ1n) is 7.12. The zero-order valence-corrected chi connectivity index (χ0v) is 10.9. The lowest BCUT2D eigenvalue weighted by Crippen LogP contribution is -2.41. The largest absolute Gasteiger partial charge is 0.481 e. The summed E-state index contributed by atoms with van der Waals surface area (Å²) in [5, 5.41) is 9.10. The molecule has 1 N–H and O–H groups in total. The average molecular weight is 239 g/mol. The molecule has 98 valence electrons. The predicted octanol–water partition coefficient (Wildman–Crippen LogP) is 2.75. The van der Waals surface area contributed by atoms with Gasteiger partial charge in [0.2, 0.25) is 0 Å². The molecule has 1 aliphatic carbocycles. The zero-order valence-electron chi connectivity index (χ0n) is 10.9. The maximum atomic E-state index is 11.0. The molecule has 0 amide bonds. The molecule has 0 aromatic rings. The quantitative estimate of drug-likeness (QED) is 0.820. The smallest absolute Gasteiger partial charge is 0.304 e. The number of likely N-dealkylation sites (tertiary alicyclic amines) is 1. The Morgan fingerprint density at radius 2 is 1.82 bits per heavy atom. The fraction of sp³-hybridized carbons (Fsp3) is 0.929. The summed E-state index contributed by atoms with van der Waals surface area (Å²) in [4.78, 5) is 13.5. The first kappa shape index (κ1) is 12.9. The van der Waals surface area contributed by atoms with E-state index < -0.39 is 5.97 Å². The second kappa shape index (κ2) is 5.85. The van der Waals surface area contributed by atoms with E-state index in [0.29, 0.717) is 18.4 Å². The predicted molar refractivity (Wildman–Crippen MR) is 68.0 cm³/mol. The molecule has 0 aromatic heterocycles. The van der Waals surface area contributed by atoms with Crippen molar-refractivity contribution in [2.24, 2.45) is 11.8 Å². The molecule has 1 atom stereocenters. The van der Waals surface area contributed by atoms with Crippen LogP contribution in [0.5, 0.6) is 0 Å². The van der Waals surface area contributed by atoms with Gasteiger partial charge in [0.1, 0.15) is 0 Å². The average Bonchev–Trinajstić information content (AvgIpc) is 2.80. The van der Waals surface area contributed by atoms with Crippen molar-refractivity contribution in [1.29, 1.82) is 0 Å². The molecule has 2 aliphatic rings. The number of rotatable bonds is 4. The minimum Gasteiger partial charge on any atom is -0.481 e. The second-order valence-electron chi connectivity index (χ2n) is 5.93. The Bertz CT molecular complexity index is 253. The van der Waals surface area contributed by atoms with E-state index in [-0.39, 0.29) is 0 Å². The number of carbonyl (C=O) groups is 1. The molecule has 2 rings (SSSR count). The molecule has 3 nitrogen and oxygen atoms in total. The van der Waals surface area contributed by atoms with Crippen LogP contribution in [0.15, 0.2) is 0 Å². The minimum atomic E-state index is -0.625. The van der Waals surface area contributed by atoms with Crippen LogP contribution in [-0.2, 0) is 4.79 Å². The molecule has 0 radical (unpaired) electrons. The van der Waals surface area contributed by atoms with E-state index >= 15 is 0 Å².